The molecule has 0 radical (unpaired) electrons. The lowest BCUT2D eigenvalue weighted by Gasteiger charge is -2.34. The molecule has 5 nitrogen and oxygen atoms in total. The van der Waals surface area contributed by atoms with Gasteiger partial charge in [0.2, 0.25) is 0 Å². The molecule has 1 unspecified atom stereocenters. The SMILES string of the molecule is CC(C)(C)OC(=O)N1CCOC(c2ccc(N)c(Br)c2)C1. The van der Waals surface area contributed by atoms with Gasteiger partial charge in [-0.3, -0.25) is 0 Å². The minimum absolute atomic E-state index is 0.164. The molecule has 2 rings (SSSR count). The van der Waals surface area contributed by atoms with Crippen molar-refractivity contribution in [2.24, 2.45) is 0 Å². The Labute approximate surface area is 133 Å². The van der Waals surface area contributed by atoms with Crippen molar-refractivity contribution in [3.8, 4) is 0 Å². The van der Waals surface area contributed by atoms with E-state index in [4.69, 9.17) is 15.2 Å². The lowest BCUT2D eigenvalue weighted by Crippen LogP contribution is -2.44. The van der Waals surface area contributed by atoms with Crippen molar-refractivity contribution < 1.29 is 14.3 Å². The highest BCUT2D eigenvalue weighted by Gasteiger charge is 2.29. The van der Waals surface area contributed by atoms with E-state index in [1.807, 2.05) is 39.0 Å². The number of carbonyl (C=O) groups is 1. The Morgan fingerprint density at radius 3 is 2.81 bits per heavy atom. The number of hydrogen-bond acceptors (Lipinski definition) is 4. The van der Waals surface area contributed by atoms with Gasteiger partial charge in [0.25, 0.3) is 0 Å². The number of halogens is 1. The molecule has 1 aromatic carbocycles. The van der Waals surface area contributed by atoms with Gasteiger partial charge in [-0.25, -0.2) is 4.79 Å². The van der Waals surface area contributed by atoms with E-state index >= 15 is 0 Å². The van der Waals surface area contributed by atoms with Gasteiger partial charge in [0.15, 0.2) is 0 Å². The first-order valence-electron chi connectivity index (χ1n) is 6.91. The average Bonchev–Trinajstić information content (AvgIpc) is 2.40. The number of hydrogen-bond donors (Lipinski definition) is 1. The van der Waals surface area contributed by atoms with E-state index in [9.17, 15) is 4.79 Å². The lowest BCUT2D eigenvalue weighted by molar-refractivity contribution is -0.0433. The number of ether oxygens (including phenoxy) is 2. The van der Waals surface area contributed by atoms with Crippen LogP contribution in [0.3, 0.4) is 0 Å². The number of nitrogen functional groups attached to an aromatic ring is 1. The number of nitrogens with two attached hydrogens (primary N) is 1. The highest BCUT2D eigenvalue weighted by Crippen LogP contribution is 2.28. The Kier molecular flexibility index (Phi) is 4.78. The van der Waals surface area contributed by atoms with Gasteiger partial charge in [0, 0.05) is 16.7 Å². The summed E-state index contributed by atoms with van der Waals surface area (Å²) in [5.74, 6) is 0. The summed E-state index contributed by atoms with van der Waals surface area (Å²) < 4.78 is 12.0. The van der Waals surface area contributed by atoms with Gasteiger partial charge in [-0.15, -0.1) is 0 Å². The highest BCUT2D eigenvalue weighted by atomic mass is 79.9. The summed E-state index contributed by atoms with van der Waals surface area (Å²) in [4.78, 5) is 13.8. The molecular weight excluding hydrogens is 336 g/mol. The molecule has 116 valence electrons. The predicted molar refractivity (Wildman–Crippen MR) is 85.1 cm³/mol. The van der Waals surface area contributed by atoms with Crippen LogP contribution in [0.25, 0.3) is 0 Å². The van der Waals surface area contributed by atoms with Crippen LogP contribution in [0.15, 0.2) is 22.7 Å². The van der Waals surface area contributed by atoms with Crippen LogP contribution in [0.4, 0.5) is 10.5 Å². The molecule has 1 amide bonds. The van der Waals surface area contributed by atoms with Crippen LogP contribution in [0, 0.1) is 0 Å². The monoisotopic (exact) mass is 356 g/mol. The Balaban J connectivity index is 2.06. The quantitative estimate of drug-likeness (QED) is 0.783. The first kappa shape index (κ1) is 16.1. The fraction of sp³-hybridized carbons (Fsp3) is 0.533. The number of benzene rings is 1. The van der Waals surface area contributed by atoms with Crippen LogP contribution in [-0.2, 0) is 9.47 Å². The number of nitrogens with zero attached hydrogens (tertiary/aromatic N) is 1. The third kappa shape index (κ3) is 4.35. The summed E-state index contributed by atoms with van der Waals surface area (Å²) in [5.41, 5.74) is 6.97. The van der Waals surface area contributed by atoms with Crippen molar-refractivity contribution in [2.45, 2.75) is 32.5 Å². The summed E-state index contributed by atoms with van der Waals surface area (Å²) in [5, 5.41) is 0. The van der Waals surface area contributed by atoms with Crippen LogP contribution in [0.1, 0.15) is 32.4 Å². The molecule has 0 aliphatic carbocycles. The van der Waals surface area contributed by atoms with E-state index in [0.29, 0.717) is 25.4 Å². The van der Waals surface area contributed by atoms with Gasteiger partial charge in [0.1, 0.15) is 11.7 Å². The summed E-state index contributed by atoms with van der Waals surface area (Å²) in [6, 6.07) is 5.68. The van der Waals surface area contributed by atoms with Gasteiger partial charge < -0.3 is 20.1 Å². The molecule has 1 heterocycles. The summed E-state index contributed by atoms with van der Waals surface area (Å²) in [7, 11) is 0. The second-order valence-corrected chi connectivity index (χ2v) is 6.92. The molecule has 1 fully saturated rings. The van der Waals surface area contributed by atoms with Crippen molar-refractivity contribution in [2.75, 3.05) is 25.4 Å². The van der Waals surface area contributed by atoms with Gasteiger partial charge in [-0.1, -0.05) is 6.07 Å². The number of rotatable bonds is 1. The van der Waals surface area contributed by atoms with E-state index in [2.05, 4.69) is 15.9 Å². The number of amides is 1. The van der Waals surface area contributed by atoms with E-state index in [1.54, 1.807) is 4.90 Å². The molecule has 0 aromatic heterocycles. The molecule has 21 heavy (non-hydrogen) atoms. The molecule has 1 aromatic rings. The second-order valence-electron chi connectivity index (χ2n) is 6.07. The Bertz CT molecular complexity index is 528. The number of morpholine rings is 1. The fourth-order valence-corrected chi connectivity index (χ4v) is 2.48. The van der Waals surface area contributed by atoms with Gasteiger partial charge in [-0.2, -0.15) is 0 Å². The fourth-order valence-electron chi connectivity index (χ4n) is 2.09. The zero-order chi connectivity index (χ0) is 15.6. The maximum absolute atomic E-state index is 12.1. The molecule has 2 N–H and O–H groups in total. The highest BCUT2D eigenvalue weighted by molar-refractivity contribution is 9.10. The van der Waals surface area contributed by atoms with E-state index in [1.165, 1.54) is 0 Å². The first-order valence-corrected chi connectivity index (χ1v) is 7.70. The van der Waals surface area contributed by atoms with Crippen molar-refractivity contribution in [3.63, 3.8) is 0 Å². The minimum Gasteiger partial charge on any atom is -0.444 e. The standard InChI is InChI=1S/C15H21BrN2O3/c1-15(2,3)21-14(19)18-6-7-20-13(9-18)10-4-5-12(17)11(16)8-10/h4-5,8,13H,6-7,9,17H2,1-3H3. The van der Waals surface area contributed by atoms with E-state index < -0.39 is 5.60 Å². The first-order chi connectivity index (χ1) is 9.76. The molecule has 1 saturated heterocycles. The normalized spacial score (nSPS) is 19.4. The van der Waals surface area contributed by atoms with Gasteiger partial charge in [-0.05, 0) is 54.4 Å². The molecule has 1 atom stereocenters. The van der Waals surface area contributed by atoms with Gasteiger partial charge in [0.05, 0.1) is 13.2 Å². The van der Waals surface area contributed by atoms with Crippen LogP contribution < -0.4 is 5.73 Å². The van der Waals surface area contributed by atoms with Crippen molar-refractivity contribution in [1.82, 2.24) is 4.90 Å². The number of anilines is 1. The maximum atomic E-state index is 12.1. The molecular formula is C15H21BrN2O3. The van der Waals surface area contributed by atoms with Crippen molar-refractivity contribution >= 4 is 27.7 Å². The van der Waals surface area contributed by atoms with Crippen molar-refractivity contribution in [3.05, 3.63) is 28.2 Å². The molecule has 0 saturated carbocycles. The smallest absolute Gasteiger partial charge is 0.410 e. The van der Waals surface area contributed by atoms with E-state index in [0.717, 1.165) is 10.0 Å². The van der Waals surface area contributed by atoms with Gasteiger partial charge >= 0.3 is 6.09 Å². The zero-order valence-corrected chi connectivity index (χ0v) is 14.1. The van der Waals surface area contributed by atoms with Crippen molar-refractivity contribution in [1.29, 1.82) is 0 Å². The lowest BCUT2D eigenvalue weighted by atomic mass is 10.1. The molecule has 6 heteroatoms. The average molecular weight is 357 g/mol. The third-order valence-corrected chi connectivity index (χ3v) is 3.80. The number of carbonyl (C=O) groups excluding carboxylic acids is 1. The molecule has 0 bridgehead atoms. The summed E-state index contributed by atoms with van der Waals surface area (Å²) in [6.45, 7) is 7.10. The van der Waals surface area contributed by atoms with Crippen LogP contribution in [0.2, 0.25) is 0 Å². The Morgan fingerprint density at radius 1 is 1.48 bits per heavy atom. The van der Waals surface area contributed by atoms with E-state index in [-0.39, 0.29) is 12.2 Å². The van der Waals surface area contributed by atoms with Crippen LogP contribution >= 0.6 is 15.9 Å². The maximum Gasteiger partial charge on any atom is 0.410 e. The molecule has 0 spiro atoms. The van der Waals surface area contributed by atoms with Crippen LogP contribution in [0.5, 0.6) is 0 Å². The second kappa shape index (κ2) is 6.23. The third-order valence-electron chi connectivity index (χ3n) is 3.11. The topological polar surface area (TPSA) is 64.8 Å². The Morgan fingerprint density at radius 2 is 2.19 bits per heavy atom. The summed E-state index contributed by atoms with van der Waals surface area (Å²) >= 11 is 3.41. The Hall–Kier alpha value is -1.27. The largest absolute Gasteiger partial charge is 0.444 e. The predicted octanol–water partition coefficient (Wildman–Crippen LogP) is 3.34. The van der Waals surface area contributed by atoms with Crippen LogP contribution in [-0.4, -0.2) is 36.3 Å². The zero-order valence-electron chi connectivity index (χ0n) is 12.6. The minimum atomic E-state index is -0.491. The molecule has 1 aliphatic rings. The molecule has 1 aliphatic heterocycles. The summed E-state index contributed by atoms with van der Waals surface area (Å²) in [6.07, 6.45) is -0.464.